The van der Waals surface area contributed by atoms with Crippen LogP contribution in [0.3, 0.4) is 0 Å². The second-order valence-electron chi connectivity index (χ2n) is 9.62. The molecule has 3 N–H and O–H groups in total. The Hall–Kier alpha value is -4.79. The van der Waals surface area contributed by atoms with Gasteiger partial charge in [-0.2, -0.15) is 8.78 Å². The predicted molar refractivity (Wildman–Crippen MR) is 135 cm³/mol. The molecule has 0 aliphatic rings. The summed E-state index contributed by atoms with van der Waals surface area (Å²) >= 11 is 0. The van der Waals surface area contributed by atoms with E-state index in [2.05, 4.69) is 15.0 Å². The van der Waals surface area contributed by atoms with Gasteiger partial charge >= 0.3 is 18.2 Å². The van der Waals surface area contributed by atoms with Crippen molar-refractivity contribution in [1.29, 1.82) is 0 Å². The van der Waals surface area contributed by atoms with Crippen LogP contribution in [0.1, 0.15) is 37.9 Å². The van der Waals surface area contributed by atoms with Crippen molar-refractivity contribution in [3.63, 3.8) is 0 Å². The van der Waals surface area contributed by atoms with E-state index in [4.69, 9.17) is 15.3 Å². The van der Waals surface area contributed by atoms with Gasteiger partial charge in [0.15, 0.2) is 6.04 Å². The highest BCUT2D eigenvalue weighted by Gasteiger charge is 2.42. The molecule has 224 valence electrons. The van der Waals surface area contributed by atoms with Crippen LogP contribution in [-0.4, -0.2) is 39.8 Å². The van der Waals surface area contributed by atoms with Crippen LogP contribution >= 0.6 is 0 Å². The maximum atomic E-state index is 14.4. The molecule has 2 atom stereocenters. The Bertz CT molecular complexity index is 1410. The van der Waals surface area contributed by atoms with Crippen molar-refractivity contribution >= 4 is 18.2 Å². The SMILES string of the molecule is CC(C)(C)OC(=O)N[C@H](c1cccnc1)[C@@H](C(=O)Oc1c(F)c(F)c(F)c(F)c1F)N(N)C(=O)OCc1ccccc1. The van der Waals surface area contributed by atoms with Gasteiger partial charge in [-0.25, -0.2) is 38.4 Å². The molecule has 0 aliphatic carbocycles. The van der Waals surface area contributed by atoms with E-state index in [0.29, 0.717) is 5.56 Å². The van der Waals surface area contributed by atoms with Crippen LogP contribution in [0.4, 0.5) is 31.5 Å². The molecule has 0 fully saturated rings. The molecule has 15 heteroatoms. The number of ether oxygens (including phenoxy) is 3. The van der Waals surface area contributed by atoms with Crippen molar-refractivity contribution in [3.05, 3.63) is 95.1 Å². The molecule has 2 amide bonds. The number of hydrazine groups is 1. The third kappa shape index (κ3) is 7.69. The zero-order valence-corrected chi connectivity index (χ0v) is 22.4. The molecular formula is C27H25F5N4O6. The number of rotatable bonds is 8. The molecule has 1 heterocycles. The number of hydrogen-bond acceptors (Lipinski definition) is 8. The number of carbonyl (C=O) groups excluding carboxylic acids is 3. The lowest BCUT2D eigenvalue weighted by Crippen LogP contribution is -2.57. The second kappa shape index (κ2) is 13.2. The Balaban J connectivity index is 2.06. The Labute approximate surface area is 236 Å². The third-order valence-corrected chi connectivity index (χ3v) is 5.36. The largest absolute Gasteiger partial charge is 0.444 e. The van der Waals surface area contributed by atoms with Gasteiger partial charge in [0, 0.05) is 12.4 Å². The number of halogens is 5. The molecule has 10 nitrogen and oxygen atoms in total. The van der Waals surface area contributed by atoms with E-state index in [1.54, 1.807) is 30.3 Å². The van der Waals surface area contributed by atoms with Crippen LogP contribution in [0.25, 0.3) is 0 Å². The fourth-order valence-electron chi connectivity index (χ4n) is 3.49. The van der Waals surface area contributed by atoms with Crippen LogP contribution in [0.15, 0.2) is 54.9 Å². The molecule has 42 heavy (non-hydrogen) atoms. The average Bonchev–Trinajstić information content (AvgIpc) is 2.95. The fraction of sp³-hybridized carbons (Fsp3) is 0.259. The number of aromatic nitrogens is 1. The number of nitrogens with zero attached hydrogens (tertiary/aromatic N) is 2. The van der Waals surface area contributed by atoms with Crippen molar-refractivity contribution in [2.45, 2.75) is 45.1 Å². The Morgan fingerprint density at radius 2 is 1.52 bits per heavy atom. The van der Waals surface area contributed by atoms with Gasteiger partial charge in [-0.05, 0) is 38.0 Å². The van der Waals surface area contributed by atoms with E-state index >= 15 is 0 Å². The number of alkyl carbamates (subject to hydrolysis) is 1. The topological polar surface area (TPSA) is 133 Å². The number of benzene rings is 2. The lowest BCUT2D eigenvalue weighted by atomic mass is 10.0. The first-order chi connectivity index (χ1) is 19.7. The highest BCUT2D eigenvalue weighted by molar-refractivity contribution is 5.85. The molecular weight excluding hydrogens is 571 g/mol. The van der Waals surface area contributed by atoms with Crippen molar-refractivity contribution in [1.82, 2.24) is 15.3 Å². The summed E-state index contributed by atoms with van der Waals surface area (Å²) in [7, 11) is 0. The summed E-state index contributed by atoms with van der Waals surface area (Å²) in [5.74, 6) is -10.1. The smallest absolute Gasteiger partial charge is 0.425 e. The van der Waals surface area contributed by atoms with Crippen LogP contribution in [-0.2, 0) is 20.9 Å². The van der Waals surface area contributed by atoms with Gasteiger partial charge in [-0.1, -0.05) is 36.4 Å². The van der Waals surface area contributed by atoms with Crippen LogP contribution in [0, 0.1) is 29.1 Å². The minimum atomic E-state index is -2.49. The lowest BCUT2D eigenvalue weighted by molar-refractivity contribution is -0.141. The summed E-state index contributed by atoms with van der Waals surface area (Å²) in [4.78, 5) is 42.9. The molecule has 0 radical (unpaired) electrons. The molecule has 2 aromatic carbocycles. The van der Waals surface area contributed by atoms with Gasteiger partial charge in [0.05, 0.1) is 6.04 Å². The zero-order valence-electron chi connectivity index (χ0n) is 22.4. The number of nitrogens with two attached hydrogens (primary N) is 1. The van der Waals surface area contributed by atoms with Gasteiger partial charge in [-0.15, -0.1) is 0 Å². The molecule has 0 bridgehead atoms. The van der Waals surface area contributed by atoms with Gasteiger partial charge in [-0.3, -0.25) is 4.98 Å². The van der Waals surface area contributed by atoms with Gasteiger partial charge in [0.2, 0.25) is 34.8 Å². The van der Waals surface area contributed by atoms with Crippen LogP contribution < -0.4 is 15.9 Å². The Kier molecular flexibility index (Phi) is 10.0. The Morgan fingerprint density at radius 1 is 0.929 bits per heavy atom. The monoisotopic (exact) mass is 596 g/mol. The molecule has 3 rings (SSSR count). The normalized spacial score (nSPS) is 12.6. The van der Waals surface area contributed by atoms with Crippen molar-refractivity contribution in [3.8, 4) is 5.75 Å². The molecule has 3 aromatic rings. The third-order valence-electron chi connectivity index (χ3n) is 5.36. The molecule has 0 aliphatic heterocycles. The number of esters is 1. The van der Waals surface area contributed by atoms with E-state index < -0.39 is 70.7 Å². The highest BCUT2D eigenvalue weighted by atomic mass is 19.2. The number of hydrogen-bond donors (Lipinski definition) is 2. The van der Waals surface area contributed by atoms with Gasteiger partial charge < -0.3 is 19.5 Å². The van der Waals surface area contributed by atoms with E-state index in [-0.39, 0.29) is 17.2 Å². The maximum absolute atomic E-state index is 14.4. The number of carbonyl (C=O) groups is 3. The fourth-order valence-corrected chi connectivity index (χ4v) is 3.49. The first-order valence-electron chi connectivity index (χ1n) is 12.1. The number of amides is 2. The quantitative estimate of drug-likeness (QED) is 0.0553. The van der Waals surface area contributed by atoms with Gasteiger partial charge in [0.1, 0.15) is 12.2 Å². The summed E-state index contributed by atoms with van der Waals surface area (Å²) in [6, 6.07) is 6.96. The number of nitrogens with one attached hydrogen (secondary N) is 1. The zero-order chi connectivity index (χ0) is 31.2. The summed E-state index contributed by atoms with van der Waals surface area (Å²) in [5, 5.41) is 2.43. The molecule has 0 saturated carbocycles. The van der Waals surface area contributed by atoms with E-state index in [9.17, 15) is 36.3 Å². The first-order valence-corrected chi connectivity index (χ1v) is 12.1. The van der Waals surface area contributed by atoms with Crippen LogP contribution in [0.2, 0.25) is 0 Å². The average molecular weight is 597 g/mol. The summed E-state index contributed by atoms with van der Waals surface area (Å²) in [6.45, 7) is 4.23. The predicted octanol–water partition coefficient (Wildman–Crippen LogP) is 4.83. The van der Waals surface area contributed by atoms with E-state index in [1.165, 1.54) is 39.1 Å². The van der Waals surface area contributed by atoms with Crippen LogP contribution in [0.5, 0.6) is 5.75 Å². The summed E-state index contributed by atoms with van der Waals surface area (Å²) < 4.78 is 84.9. The number of pyridine rings is 1. The minimum Gasteiger partial charge on any atom is -0.444 e. The summed E-state index contributed by atoms with van der Waals surface area (Å²) in [6.07, 6.45) is -0.0662. The van der Waals surface area contributed by atoms with E-state index in [1.807, 2.05) is 0 Å². The summed E-state index contributed by atoms with van der Waals surface area (Å²) in [5.41, 5.74) is -0.545. The first kappa shape index (κ1) is 31.7. The molecule has 0 saturated heterocycles. The minimum absolute atomic E-state index is 0.00553. The van der Waals surface area contributed by atoms with Crippen molar-refractivity contribution in [2.75, 3.05) is 0 Å². The van der Waals surface area contributed by atoms with Crippen molar-refractivity contribution in [2.24, 2.45) is 5.84 Å². The molecule has 1 aromatic heterocycles. The lowest BCUT2D eigenvalue weighted by Gasteiger charge is -2.32. The maximum Gasteiger partial charge on any atom is 0.425 e. The van der Waals surface area contributed by atoms with Gasteiger partial charge in [0.25, 0.3) is 0 Å². The standard InChI is InChI=1S/C27H25F5N4O6/c1-27(2,3)42-25(38)35-21(15-10-7-11-34-12-15)22(36(33)26(39)40-13-14-8-5-4-6-9-14)24(37)41-23-19(31)17(29)16(28)18(30)20(23)32/h4-12,21-22H,13,33H2,1-3H3,(H,35,38)/t21-,22+/m1/s1. The van der Waals surface area contributed by atoms with Crippen molar-refractivity contribution < 1.29 is 50.5 Å². The Morgan fingerprint density at radius 3 is 2.07 bits per heavy atom. The van der Waals surface area contributed by atoms with E-state index in [0.717, 1.165) is 6.20 Å². The molecule has 0 spiro atoms. The highest BCUT2D eigenvalue weighted by Crippen LogP contribution is 2.31. The second-order valence-corrected chi connectivity index (χ2v) is 9.62. The molecule has 0 unspecified atom stereocenters.